The summed E-state index contributed by atoms with van der Waals surface area (Å²) in [5.41, 5.74) is 2.88. The smallest absolute Gasteiger partial charge is 0.0720 e. The van der Waals surface area contributed by atoms with Crippen molar-refractivity contribution in [1.29, 1.82) is 0 Å². The van der Waals surface area contributed by atoms with Crippen molar-refractivity contribution in [1.82, 2.24) is 0 Å². The van der Waals surface area contributed by atoms with E-state index in [2.05, 4.69) is 37.3 Å². The Morgan fingerprint density at radius 2 is 1.76 bits per heavy atom. The highest BCUT2D eigenvalue weighted by Crippen LogP contribution is 2.35. The average Bonchev–Trinajstić information content (AvgIpc) is 2.96. The molecule has 2 aliphatic carbocycles. The zero-order valence-electron chi connectivity index (χ0n) is 13.4. The lowest BCUT2D eigenvalue weighted by Gasteiger charge is -2.25. The molecule has 0 spiro atoms. The van der Waals surface area contributed by atoms with Gasteiger partial charge >= 0.3 is 0 Å². The minimum Gasteiger partial charge on any atom is -0.286 e. The molecule has 0 bridgehead atoms. The normalized spacial score (nSPS) is 27.1. The van der Waals surface area contributed by atoms with E-state index in [1.54, 1.807) is 0 Å². The van der Waals surface area contributed by atoms with Crippen molar-refractivity contribution in [3.63, 3.8) is 0 Å². The molecule has 2 saturated carbocycles. The van der Waals surface area contributed by atoms with E-state index in [9.17, 15) is 0 Å². The second-order valence-electron chi connectivity index (χ2n) is 7.04. The molecule has 0 radical (unpaired) electrons. The molecule has 2 atom stereocenters. The van der Waals surface area contributed by atoms with Crippen LogP contribution in [0, 0.1) is 11.8 Å². The van der Waals surface area contributed by atoms with Crippen molar-refractivity contribution in [3.8, 4) is 0 Å². The second kappa shape index (κ2) is 7.24. The molecule has 0 heterocycles. The minimum atomic E-state index is 0.327. The monoisotopic (exact) mass is 283 g/mol. The lowest BCUT2D eigenvalue weighted by Crippen LogP contribution is -2.16. The van der Waals surface area contributed by atoms with E-state index < -0.39 is 0 Å². The molecular weight excluding hydrogens is 254 g/mol. The van der Waals surface area contributed by atoms with Crippen LogP contribution >= 0.6 is 0 Å². The zero-order chi connectivity index (χ0) is 14.5. The first-order valence-corrected chi connectivity index (χ1v) is 8.94. The maximum absolute atomic E-state index is 5.11. The van der Waals surface area contributed by atoms with Crippen LogP contribution in [0.15, 0.2) is 35.3 Å². The number of hydrogen-bond donors (Lipinski definition) is 0. The van der Waals surface area contributed by atoms with Crippen LogP contribution in [-0.4, -0.2) is 5.71 Å². The third-order valence-electron chi connectivity index (χ3n) is 5.44. The number of rotatable bonds is 4. The van der Waals surface area contributed by atoms with Crippen molar-refractivity contribution in [2.24, 2.45) is 16.8 Å². The van der Waals surface area contributed by atoms with E-state index in [-0.39, 0.29) is 0 Å². The Morgan fingerprint density at radius 3 is 2.52 bits per heavy atom. The highest BCUT2D eigenvalue weighted by atomic mass is 14.8. The fraction of sp³-hybridized carbons (Fsp3) is 0.650. The molecule has 0 aliphatic heterocycles. The average molecular weight is 283 g/mol. The first-order chi connectivity index (χ1) is 10.3. The lowest BCUT2D eigenvalue weighted by molar-refractivity contribution is 0.314. The molecular formula is C20H29N. The van der Waals surface area contributed by atoms with Crippen LogP contribution in [0.5, 0.6) is 0 Å². The summed E-state index contributed by atoms with van der Waals surface area (Å²) in [6, 6.07) is 11.1. The fourth-order valence-corrected chi connectivity index (χ4v) is 4.20. The van der Waals surface area contributed by atoms with Gasteiger partial charge in [0.05, 0.1) is 6.04 Å². The van der Waals surface area contributed by atoms with E-state index in [0.29, 0.717) is 6.04 Å². The molecule has 21 heavy (non-hydrogen) atoms. The summed E-state index contributed by atoms with van der Waals surface area (Å²) >= 11 is 0. The molecule has 3 rings (SSSR count). The summed E-state index contributed by atoms with van der Waals surface area (Å²) in [6.45, 7) is 2.25. The van der Waals surface area contributed by atoms with Gasteiger partial charge < -0.3 is 0 Å². The molecule has 0 saturated heterocycles. The van der Waals surface area contributed by atoms with Crippen molar-refractivity contribution >= 4 is 5.71 Å². The Labute approximate surface area is 129 Å². The summed E-state index contributed by atoms with van der Waals surface area (Å²) in [4.78, 5) is 5.11. The number of benzene rings is 1. The maximum atomic E-state index is 5.11. The van der Waals surface area contributed by atoms with Gasteiger partial charge in [0.1, 0.15) is 0 Å². The summed E-state index contributed by atoms with van der Waals surface area (Å²) in [7, 11) is 0. The van der Waals surface area contributed by atoms with Crippen LogP contribution in [0.2, 0.25) is 0 Å². The van der Waals surface area contributed by atoms with Gasteiger partial charge in [0, 0.05) is 5.71 Å². The van der Waals surface area contributed by atoms with Crippen LogP contribution < -0.4 is 0 Å². The van der Waals surface area contributed by atoms with E-state index in [0.717, 1.165) is 11.8 Å². The molecule has 0 N–H and O–H groups in total. The molecule has 1 unspecified atom stereocenters. The van der Waals surface area contributed by atoms with Gasteiger partial charge in [0.25, 0.3) is 0 Å². The summed E-state index contributed by atoms with van der Waals surface area (Å²) in [6.07, 6.45) is 12.7. The molecule has 114 valence electrons. The molecule has 2 fully saturated rings. The van der Waals surface area contributed by atoms with Crippen LogP contribution in [0.25, 0.3) is 0 Å². The molecule has 0 aromatic heterocycles. The third kappa shape index (κ3) is 3.96. The highest BCUT2D eigenvalue weighted by molar-refractivity contribution is 5.88. The van der Waals surface area contributed by atoms with Crippen LogP contribution in [0.3, 0.4) is 0 Å². The number of aliphatic imine (C=N–C) groups is 1. The minimum absolute atomic E-state index is 0.327. The molecule has 2 aliphatic rings. The summed E-state index contributed by atoms with van der Waals surface area (Å²) in [5.74, 6) is 1.78. The number of nitrogens with zero attached hydrogens (tertiary/aromatic N) is 1. The van der Waals surface area contributed by atoms with E-state index in [4.69, 9.17) is 4.99 Å². The Balaban J connectivity index is 1.64. The predicted octanol–water partition coefficient (Wildman–Crippen LogP) is 5.96. The maximum Gasteiger partial charge on any atom is 0.0720 e. The Kier molecular flexibility index (Phi) is 5.11. The Morgan fingerprint density at radius 1 is 1.00 bits per heavy atom. The SMILES string of the molecule is C[C@H](N=C1CCCC1CC1CCCCC1)c1ccccc1. The van der Waals surface area contributed by atoms with Gasteiger partial charge in [-0.05, 0) is 50.0 Å². The second-order valence-corrected chi connectivity index (χ2v) is 7.04. The van der Waals surface area contributed by atoms with Gasteiger partial charge in [-0.1, -0.05) is 62.4 Å². The van der Waals surface area contributed by atoms with Crippen molar-refractivity contribution in [2.75, 3.05) is 0 Å². The standard InChI is InChI=1S/C20H29N/c1-16(18-11-6-3-7-12-18)21-20-14-8-13-19(20)15-17-9-4-2-5-10-17/h3,6-7,11-12,16-17,19H,2,4-5,8-10,13-15H2,1H3/t16-,19?/m0/s1. The summed E-state index contributed by atoms with van der Waals surface area (Å²) in [5, 5.41) is 0. The van der Waals surface area contributed by atoms with Crippen molar-refractivity contribution < 1.29 is 0 Å². The van der Waals surface area contributed by atoms with Gasteiger partial charge in [-0.2, -0.15) is 0 Å². The van der Waals surface area contributed by atoms with E-state index in [1.807, 2.05) is 0 Å². The third-order valence-corrected chi connectivity index (χ3v) is 5.44. The molecule has 1 heteroatoms. The van der Waals surface area contributed by atoms with E-state index in [1.165, 1.54) is 69.1 Å². The first kappa shape index (κ1) is 14.8. The Bertz CT molecular complexity index is 456. The fourth-order valence-electron chi connectivity index (χ4n) is 4.20. The van der Waals surface area contributed by atoms with Gasteiger partial charge in [-0.25, -0.2) is 0 Å². The van der Waals surface area contributed by atoms with Crippen LogP contribution in [0.1, 0.15) is 76.3 Å². The van der Waals surface area contributed by atoms with Gasteiger partial charge in [-0.15, -0.1) is 0 Å². The quantitative estimate of drug-likeness (QED) is 0.646. The van der Waals surface area contributed by atoms with E-state index >= 15 is 0 Å². The Hall–Kier alpha value is -1.11. The topological polar surface area (TPSA) is 12.4 Å². The van der Waals surface area contributed by atoms with Crippen molar-refractivity contribution in [2.45, 2.75) is 70.8 Å². The van der Waals surface area contributed by atoms with Crippen LogP contribution in [0.4, 0.5) is 0 Å². The van der Waals surface area contributed by atoms with Gasteiger partial charge in [0.2, 0.25) is 0 Å². The van der Waals surface area contributed by atoms with Crippen LogP contribution in [-0.2, 0) is 0 Å². The highest BCUT2D eigenvalue weighted by Gasteiger charge is 2.27. The zero-order valence-corrected chi connectivity index (χ0v) is 13.4. The van der Waals surface area contributed by atoms with Crippen molar-refractivity contribution in [3.05, 3.63) is 35.9 Å². The number of hydrogen-bond acceptors (Lipinski definition) is 1. The largest absolute Gasteiger partial charge is 0.286 e. The van der Waals surface area contributed by atoms with Gasteiger partial charge in [-0.3, -0.25) is 4.99 Å². The lowest BCUT2D eigenvalue weighted by atomic mass is 9.82. The molecule has 0 amide bonds. The molecule has 1 aromatic carbocycles. The first-order valence-electron chi connectivity index (χ1n) is 8.94. The van der Waals surface area contributed by atoms with Gasteiger partial charge in [0.15, 0.2) is 0 Å². The molecule has 1 aromatic rings. The predicted molar refractivity (Wildman–Crippen MR) is 90.8 cm³/mol. The molecule has 1 nitrogen and oxygen atoms in total. The summed E-state index contributed by atoms with van der Waals surface area (Å²) < 4.78 is 0.